The Hall–Kier alpha value is -1.49. The van der Waals surface area contributed by atoms with E-state index in [0.29, 0.717) is 0 Å². The Balaban J connectivity index is 1.86. The van der Waals surface area contributed by atoms with Gasteiger partial charge in [-0.1, -0.05) is 36.7 Å². The normalized spacial score (nSPS) is 25.8. The Kier molecular flexibility index (Phi) is 3.93. The summed E-state index contributed by atoms with van der Waals surface area (Å²) < 4.78 is -1.06. The summed E-state index contributed by atoms with van der Waals surface area (Å²) in [6, 6.07) is 7.64. The molecule has 21 heavy (non-hydrogen) atoms. The second kappa shape index (κ2) is 5.72. The van der Waals surface area contributed by atoms with Crippen LogP contribution in [0.25, 0.3) is 0 Å². The molecule has 4 nitrogen and oxygen atoms in total. The maximum atomic E-state index is 12.9. The highest BCUT2D eigenvalue weighted by Crippen LogP contribution is 2.43. The highest BCUT2D eigenvalue weighted by molar-refractivity contribution is 8.02. The summed E-state index contributed by atoms with van der Waals surface area (Å²) in [5.74, 6) is -0.262. The average Bonchev–Trinajstić information content (AvgIpc) is 2.76. The number of nitrogens with one attached hydrogen (secondary N) is 1. The van der Waals surface area contributed by atoms with Crippen molar-refractivity contribution in [2.45, 2.75) is 42.2 Å². The molecule has 2 aliphatic rings. The summed E-state index contributed by atoms with van der Waals surface area (Å²) in [6.07, 6.45) is 4.40. The van der Waals surface area contributed by atoms with E-state index in [1.54, 1.807) is 6.92 Å². The fourth-order valence-corrected chi connectivity index (χ4v) is 4.06. The van der Waals surface area contributed by atoms with Crippen LogP contribution in [0, 0.1) is 0 Å². The first kappa shape index (κ1) is 14.4. The number of carbonyl (C=O) groups excluding carboxylic acids is 2. The number of anilines is 1. The summed E-state index contributed by atoms with van der Waals surface area (Å²) in [5.41, 5.74) is 0.800. The number of carbonyl (C=O) groups is 2. The molecule has 0 bridgehead atoms. The van der Waals surface area contributed by atoms with Gasteiger partial charge in [0.1, 0.15) is 0 Å². The van der Waals surface area contributed by atoms with Crippen molar-refractivity contribution < 1.29 is 9.59 Å². The van der Waals surface area contributed by atoms with Crippen LogP contribution in [-0.2, 0) is 9.59 Å². The number of hydrogen-bond donors (Lipinski definition) is 1. The van der Waals surface area contributed by atoms with Crippen LogP contribution in [0.15, 0.2) is 29.2 Å². The molecule has 3 rings (SSSR count). The quantitative estimate of drug-likeness (QED) is 0.812. The Labute approximate surface area is 129 Å². The standard InChI is InChI=1S/C16H20N2O2S/c1-16(15(20)18-10-6-2-3-7-11-18)14(19)17-12-8-4-5-9-13(12)21-16/h4-5,8-9H,2-3,6-7,10-11H2,1H3,(H,17,19)/t16-/m0/s1. The maximum absolute atomic E-state index is 12.9. The number of nitrogens with zero attached hydrogens (tertiary/aromatic N) is 1. The van der Waals surface area contributed by atoms with Gasteiger partial charge in [-0.2, -0.15) is 0 Å². The Morgan fingerprint density at radius 3 is 2.57 bits per heavy atom. The second-order valence-electron chi connectivity index (χ2n) is 5.79. The first-order valence-electron chi connectivity index (χ1n) is 7.50. The van der Waals surface area contributed by atoms with Crippen molar-refractivity contribution in [3.05, 3.63) is 24.3 Å². The first-order chi connectivity index (χ1) is 10.1. The third-order valence-electron chi connectivity index (χ3n) is 4.18. The predicted molar refractivity (Wildman–Crippen MR) is 84.4 cm³/mol. The fraction of sp³-hybridized carbons (Fsp3) is 0.500. The maximum Gasteiger partial charge on any atom is 0.250 e. The molecule has 0 aromatic heterocycles. The molecule has 112 valence electrons. The van der Waals surface area contributed by atoms with Gasteiger partial charge in [0.05, 0.1) is 5.69 Å². The minimum Gasteiger partial charge on any atom is -0.341 e. The van der Waals surface area contributed by atoms with Crippen molar-refractivity contribution in [2.24, 2.45) is 0 Å². The average molecular weight is 304 g/mol. The van der Waals surface area contributed by atoms with E-state index >= 15 is 0 Å². The first-order valence-corrected chi connectivity index (χ1v) is 8.32. The molecule has 2 heterocycles. The topological polar surface area (TPSA) is 49.4 Å². The van der Waals surface area contributed by atoms with Gasteiger partial charge in [0, 0.05) is 18.0 Å². The minimum atomic E-state index is -1.06. The number of hydrogen-bond acceptors (Lipinski definition) is 3. The summed E-state index contributed by atoms with van der Waals surface area (Å²) in [4.78, 5) is 28.2. The number of benzene rings is 1. The molecule has 2 amide bonds. The molecular formula is C16H20N2O2S. The van der Waals surface area contributed by atoms with E-state index in [-0.39, 0.29) is 11.8 Å². The molecule has 0 saturated carbocycles. The van der Waals surface area contributed by atoms with Crippen molar-refractivity contribution >= 4 is 29.3 Å². The van der Waals surface area contributed by atoms with Crippen LogP contribution in [0.5, 0.6) is 0 Å². The molecule has 1 atom stereocenters. The molecule has 1 aromatic carbocycles. The summed E-state index contributed by atoms with van der Waals surface area (Å²) >= 11 is 1.37. The second-order valence-corrected chi connectivity index (χ2v) is 7.25. The van der Waals surface area contributed by atoms with Crippen LogP contribution in [0.3, 0.4) is 0 Å². The smallest absolute Gasteiger partial charge is 0.250 e. The number of thioether (sulfide) groups is 1. The van der Waals surface area contributed by atoms with Crippen molar-refractivity contribution in [3.63, 3.8) is 0 Å². The van der Waals surface area contributed by atoms with Gasteiger partial charge in [0.25, 0.3) is 0 Å². The van der Waals surface area contributed by atoms with E-state index in [9.17, 15) is 9.59 Å². The highest BCUT2D eigenvalue weighted by atomic mass is 32.2. The van der Waals surface area contributed by atoms with E-state index in [1.165, 1.54) is 24.6 Å². The molecule has 2 aliphatic heterocycles. The highest BCUT2D eigenvalue weighted by Gasteiger charge is 2.47. The third-order valence-corrected chi connectivity index (χ3v) is 5.53. The SMILES string of the molecule is C[C@]1(C(=O)N2CCCCCC2)Sc2ccccc2NC1=O. The lowest BCUT2D eigenvalue weighted by Gasteiger charge is -2.35. The van der Waals surface area contributed by atoms with Crippen LogP contribution in [0.2, 0.25) is 0 Å². The van der Waals surface area contributed by atoms with E-state index < -0.39 is 4.75 Å². The van der Waals surface area contributed by atoms with Gasteiger partial charge < -0.3 is 10.2 Å². The zero-order valence-electron chi connectivity index (χ0n) is 12.2. The van der Waals surface area contributed by atoms with Gasteiger partial charge >= 0.3 is 0 Å². The van der Waals surface area contributed by atoms with Crippen LogP contribution in [-0.4, -0.2) is 34.6 Å². The number of likely N-dealkylation sites (tertiary alicyclic amines) is 1. The lowest BCUT2D eigenvalue weighted by Crippen LogP contribution is -2.53. The van der Waals surface area contributed by atoms with Gasteiger partial charge in [-0.25, -0.2) is 0 Å². The lowest BCUT2D eigenvalue weighted by atomic mass is 10.1. The molecule has 1 saturated heterocycles. The Morgan fingerprint density at radius 2 is 1.86 bits per heavy atom. The molecule has 5 heteroatoms. The Bertz CT molecular complexity index is 567. The van der Waals surface area contributed by atoms with Gasteiger partial charge in [0.2, 0.25) is 11.8 Å². The Morgan fingerprint density at radius 1 is 1.19 bits per heavy atom. The molecule has 1 aromatic rings. The zero-order valence-corrected chi connectivity index (χ0v) is 13.0. The monoisotopic (exact) mass is 304 g/mol. The van der Waals surface area contributed by atoms with Gasteiger partial charge in [-0.05, 0) is 31.9 Å². The molecule has 0 aliphatic carbocycles. The molecular weight excluding hydrogens is 284 g/mol. The molecule has 0 unspecified atom stereocenters. The zero-order chi connectivity index (χ0) is 14.9. The fourth-order valence-electron chi connectivity index (χ4n) is 2.88. The predicted octanol–water partition coefficient (Wildman–Crippen LogP) is 2.89. The number of fused-ring (bicyclic) bond motifs is 1. The van der Waals surface area contributed by atoms with Gasteiger partial charge in [-0.15, -0.1) is 0 Å². The van der Waals surface area contributed by atoms with E-state index in [0.717, 1.165) is 36.5 Å². The van der Waals surface area contributed by atoms with E-state index in [2.05, 4.69) is 5.32 Å². The largest absolute Gasteiger partial charge is 0.341 e. The number of rotatable bonds is 1. The van der Waals surface area contributed by atoms with Crippen molar-refractivity contribution in [3.8, 4) is 0 Å². The molecule has 1 fully saturated rings. The van der Waals surface area contributed by atoms with Crippen LogP contribution >= 0.6 is 11.8 Å². The molecule has 0 radical (unpaired) electrons. The van der Waals surface area contributed by atoms with Gasteiger partial charge in [-0.3, -0.25) is 9.59 Å². The molecule has 0 spiro atoms. The van der Waals surface area contributed by atoms with Crippen LogP contribution < -0.4 is 5.32 Å². The van der Waals surface area contributed by atoms with Crippen LogP contribution in [0.4, 0.5) is 5.69 Å². The lowest BCUT2D eigenvalue weighted by molar-refractivity contribution is -0.137. The van der Waals surface area contributed by atoms with E-state index in [4.69, 9.17) is 0 Å². The summed E-state index contributed by atoms with van der Waals surface area (Å²) in [5, 5.41) is 2.88. The van der Waals surface area contributed by atoms with Gasteiger partial charge in [0.15, 0.2) is 4.75 Å². The number of amides is 2. The summed E-state index contributed by atoms with van der Waals surface area (Å²) in [7, 11) is 0. The summed E-state index contributed by atoms with van der Waals surface area (Å²) in [6.45, 7) is 3.28. The molecule has 1 N–H and O–H groups in total. The number of para-hydroxylation sites is 1. The third kappa shape index (κ3) is 2.67. The van der Waals surface area contributed by atoms with E-state index in [1.807, 2.05) is 29.2 Å². The minimum absolute atomic E-state index is 0.0543. The van der Waals surface area contributed by atoms with Crippen molar-refractivity contribution in [2.75, 3.05) is 18.4 Å². The van der Waals surface area contributed by atoms with Crippen molar-refractivity contribution in [1.82, 2.24) is 4.90 Å². The van der Waals surface area contributed by atoms with Crippen LogP contribution in [0.1, 0.15) is 32.6 Å². The van der Waals surface area contributed by atoms with Crippen molar-refractivity contribution in [1.29, 1.82) is 0 Å².